The van der Waals surface area contributed by atoms with E-state index in [-0.39, 0.29) is 0 Å². The first-order valence-electron chi connectivity index (χ1n) is 6.47. The van der Waals surface area contributed by atoms with Gasteiger partial charge in [-0.3, -0.25) is 4.57 Å². The Hall–Kier alpha value is -2.62. The monoisotopic (exact) mass is 264 g/mol. The van der Waals surface area contributed by atoms with Crippen LogP contribution in [0.4, 0.5) is 5.82 Å². The van der Waals surface area contributed by atoms with E-state index in [0.717, 1.165) is 16.9 Å². The van der Waals surface area contributed by atoms with Crippen molar-refractivity contribution in [2.75, 3.05) is 5.73 Å². The SMILES string of the molecule is Cc1cccc(-n2cncc2-c2ccnc(N)c2)c1C. The molecule has 0 bridgehead atoms. The van der Waals surface area contributed by atoms with Gasteiger partial charge in [-0.2, -0.15) is 0 Å². The van der Waals surface area contributed by atoms with E-state index in [1.807, 2.05) is 24.7 Å². The molecule has 1 aromatic carbocycles. The standard InChI is InChI=1S/C16H16N4/c1-11-4-3-5-14(12(11)2)20-10-18-9-15(20)13-6-7-19-16(17)8-13/h3-10H,1-2H3,(H2,17,19). The van der Waals surface area contributed by atoms with Gasteiger partial charge in [0, 0.05) is 11.8 Å². The lowest BCUT2D eigenvalue weighted by Crippen LogP contribution is -2.00. The molecule has 4 heteroatoms. The summed E-state index contributed by atoms with van der Waals surface area (Å²) in [5.41, 5.74) is 11.4. The topological polar surface area (TPSA) is 56.7 Å². The van der Waals surface area contributed by atoms with E-state index in [9.17, 15) is 0 Å². The van der Waals surface area contributed by atoms with Crippen molar-refractivity contribution in [2.24, 2.45) is 0 Å². The molecule has 0 spiro atoms. The maximum atomic E-state index is 5.77. The van der Waals surface area contributed by atoms with Crippen LogP contribution in [0.1, 0.15) is 11.1 Å². The summed E-state index contributed by atoms with van der Waals surface area (Å²) in [7, 11) is 0. The van der Waals surface area contributed by atoms with Gasteiger partial charge in [-0.15, -0.1) is 0 Å². The highest BCUT2D eigenvalue weighted by atomic mass is 15.1. The van der Waals surface area contributed by atoms with E-state index in [2.05, 4.69) is 46.6 Å². The van der Waals surface area contributed by atoms with Gasteiger partial charge in [-0.25, -0.2) is 9.97 Å². The second kappa shape index (κ2) is 4.81. The zero-order valence-electron chi connectivity index (χ0n) is 11.5. The molecule has 0 aliphatic heterocycles. The fourth-order valence-electron chi connectivity index (χ4n) is 2.30. The van der Waals surface area contributed by atoms with Crippen molar-refractivity contribution in [3.05, 3.63) is 60.2 Å². The predicted molar refractivity (Wildman–Crippen MR) is 80.7 cm³/mol. The molecule has 3 aromatic rings. The maximum Gasteiger partial charge on any atom is 0.123 e. The Balaban J connectivity index is 2.18. The lowest BCUT2D eigenvalue weighted by molar-refractivity contribution is 1.04. The second-order valence-electron chi connectivity index (χ2n) is 4.84. The van der Waals surface area contributed by atoms with Crippen LogP contribution in [0.5, 0.6) is 0 Å². The van der Waals surface area contributed by atoms with E-state index in [1.165, 1.54) is 11.1 Å². The van der Waals surface area contributed by atoms with Crippen LogP contribution in [0.25, 0.3) is 16.9 Å². The van der Waals surface area contributed by atoms with Gasteiger partial charge >= 0.3 is 0 Å². The van der Waals surface area contributed by atoms with Gasteiger partial charge in [0.25, 0.3) is 0 Å². The van der Waals surface area contributed by atoms with Crippen molar-refractivity contribution < 1.29 is 0 Å². The summed E-state index contributed by atoms with van der Waals surface area (Å²) < 4.78 is 2.08. The largest absolute Gasteiger partial charge is 0.384 e. The Kier molecular flexibility index (Phi) is 2.99. The summed E-state index contributed by atoms with van der Waals surface area (Å²) >= 11 is 0. The van der Waals surface area contributed by atoms with Gasteiger partial charge in [-0.05, 0) is 43.2 Å². The molecule has 4 nitrogen and oxygen atoms in total. The maximum absolute atomic E-state index is 5.77. The normalized spacial score (nSPS) is 10.7. The van der Waals surface area contributed by atoms with Crippen molar-refractivity contribution in [1.82, 2.24) is 14.5 Å². The lowest BCUT2D eigenvalue weighted by atomic mass is 10.1. The molecule has 0 unspecified atom stereocenters. The molecular formula is C16H16N4. The number of anilines is 1. The molecule has 0 fully saturated rings. The highest BCUT2D eigenvalue weighted by molar-refractivity contribution is 5.65. The highest BCUT2D eigenvalue weighted by Crippen LogP contribution is 2.26. The number of benzene rings is 1. The Morgan fingerprint density at radius 3 is 2.80 bits per heavy atom. The molecule has 2 N–H and O–H groups in total. The number of nitrogens with two attached hydrogens (primary N) is 1. The van der Waals surface area contributed by atoms with Gasteiger partial charge < -0.3 is 5.73 Å². The molecule has 0 aliphatic rings. The minimum absolute atomic E-state index is 0.510. The second-order valence-corrected chi connectivity index (χ2v) is 4.84. The van der Waals surface area contributed by atoms with Gasteiger partial charge in [-0.1, -0.05) is 12.1 Å². The molecule has 0 aliphatic carbocycles. The summed E-state index contributed by atoms with van der Waals surface area (Å²) in [4.78, 5) is 8.31. The molecule has 100 valence electrons. The molecule has 2 heterocycles. The van der Waals surface area contributed by atoms with E-state index in [4.69, 9.17) is 5.73 Å². The Labute approximate surface area is 117 Å². The van der Waals surface area contributed by atoms with Crippen LogP contribution in [-0.4, -0.2) is 14.5 Å². The number of imidazole rings is 1. The number of aryl methyl sites for hydroxylation is 1. The van der Waals surface area contributed by atoms with Crippen LogP contribution in [0.2, 0.25) is 0 Å². The van der Waals surface area contributed by atoms with Crippen molar-refractivity contribution in [2.45, 2.75) is 13.8 Å². The van der Waals surface area contributed by atoms with Crippen molar-refractivity contribution >= 4 is 5.82 Å². The summed E-state index contributed by atoms with van der Waals surface area (Å²) in [6.07, 6.45) is 5.38. The number of nitrogen functional groups attached to an aromatic ring is 1. The number of hydrogen-bond acceptors (Lipinski definition) is 3. The summed E-state index contributed by atoms with van der Waals surface area (Å²) in [6, 6.07) is 10.1. The van der Waals surface area contributed by atoms with Crippen molar-refractivity contribution in [3.63, 3.8) is 0 Å². The van der Waals surface area contributed by atoms with Gasteiger partial charge in [0.05, 0.1) is 23.9 Å². The first kappa shape index (κ1) is 12.4. The number of nitrogens with zero attached hydrogens (tertiary/aromatic N) is 3. The van der Waals surface area contributed by atoms with E-state index >= 15 is 0 Å². The van der Waals surface area contributed by atoms with Gasteiger partial charge in [0.2, 0.25) is 0 Å². The Morgan fingerprint density at radius 2 is 2.00 bits per heavy atom. The first-order valence-corrected chi connectivity index (χ1v) is 6.47. The minimum Gasteiger partial charge on any atom is -0.384 e. The minimum atomic E-state index is 0.510. The Bertz CT molecular complexity index is 759. The number of hydrogen-bond donors (Lipinski definition) is 1. The third-order valence-corrected chi connectivity index (χ3v) is 3.55. The van der Waals surface area contributed by atoms with E-state index in [0.29, 0.717) is 5.82 Å². The van der Waals surface area contributed by atoms with Crippen LogP contribution in [0, 0.1) is 13.8 Å². The van der Waals surface area contributed by atoms with Crippen LogP contribution >= 0.6 is 0 Å². The molecule has 20 heavy (non-hydrogen) atoms. The smallest absolute Gasteiger partial charge is 0.123 e. The third kappa shape index (κ3) is 2.05. The zero-order valence-corrected chi connectivity index (χ0v) is 11.5. The van der Waals surface area contributed by atoms with Gasteiger partial charge in [0.1, 0.15) is 5.82 Å². The van der Waals surface area contributed by atoms with Crippen LogP contribution in [-0.2, 0) is 0 Å². The molecule has 2 aromatic heterocycles. The number of rotatable bonds is 2. The van der Waals surface area contributed by atoms with Gasteiger partial charge in [0.15, 0.2) is 0 Å². The molecule has 0 amide bonds. The van der Waals surface area contributed by atoms with Crippen molar-refractivity contribution in [3.8, 4) is 16.9 Å². The van der Waals surface area contributed by atoms with Crippen LogP contribution < -0.4 is 5.73 Å². The molecule has 0 saturated heterocycles. The fraction of sp³-hybridized carbons (Fsp3) is 0.125. The quantitative estimate of drug-likeness (QED) is 0.773. The van der Waals surface area contributed by atoms with Crippen LogP contribution in [0.3, 0.4) is 0 Å². The summed E-state index contributed by atoms with van der Waals surface area (Å²) in [5, 5.41) is 0. The third-order valence-electron chi connectivity index (χ3n) is 3.55. The van der Waals surface area contributed by atoms with Crippen LogP contribution in [0.15, 0.2) is 49.1 Å². The fourth-order valence-corrected chi connectivity index (χ4v) is 2.30. The summed E-state index contributed by atoms with van der Waals surface area (Å²) in [6.45, 7) is 4.23. The van der Waals surface area contributed by atoms with E-state index < -0.39 is 0 Å². The summed E-state index contributed by atoms with van der Waals surface area (Å²) in [5.74, 6) is 0.510. The number of pyridine rings is 1. The molecule has 0 atom stereocenters. The van der Waals surface area contributed by atoms with Crippen molar-refractivity contribution in [1.29, 1.82) is 0 Å². The average molecular weight is 264 g/mol. The Morgan fingerprint density at radius 1 is 1.15 bits per heavy atom. The predicted octanol–water partition coefficient (Wildman–Crippen LogP) is 3.13. The van der Waals surface area contributed by atoms with E-state index in [1.54, 1.807) is 6.20 Å². The first-order chi connectivity index (χ1) is 9.66. The average Bonchev–Trinajstić information content (AvgIpc) is 2.91. The molecule has 0 radical (unpaired) electrons. The highest BCUT2D eigenvalue weighted by Gasteiger charge is 2.10. The molecular weight excluding hydrogens is 248 g/mol. The molecule has 3 rings (SSSR count). The lowest BCUT2D eigenvalue weighted by Gasteiger charge is -2.13. The zero-order chi connectivity index (χ0) is 14.1. The number of aromatic nitrogens is 3. The molecule has 0 saturated carbocycles.